The second-order valence-corrected chi connectivity index (χ2v) is 5.21. The lowest BCUT2D eigenvalue weighted by Gasteiger charge is -2.43. The molecule has 0 spiro atoms. The summed E-state index contributed by atoms with van der Waals surface area (Å²) in [4.78, 5) is 26.1. The lowest BCUT2D eigenvalue weighted by Crippen LogP contribution is -2.60. The summed E-state index contributed by atoms with van der Waals surface area (Å²) in [6.07, 6.45) is -1.27. The van der Waals surface area contributed by atoms with Crippen LogP contribution in [0.4, 0.5) is 0 Å². The van der Waals surface area contributed by atoms with Gasteiger partial charge in [-0.05, 0) is 24.3 Å². The molecule has 5 atom stereocenters. The number of carbonyl (C=O) groups is 2. The third-order valence-corrected chi connectivity index (χ3v) is 3.84. The maximum atomic E-state index is 12.1. The molecule has 0 saturated carbocycles. The van der Waals surface area contributed by atoms with Crippen molar-refractivity contribution in [3.63, 3.8) is 0 Å². The van der Waals surface area contributed by atoms with Crippen LogP contribution in [0.5, 0.6) is 0 Å². The molecule has 1 amide bonds. The summed E-state index contributed by atoms with van der Waals surface area (Å²) in [5, 5.41) is 6.28. The van der Waals surface area contributed by atoms with Gasteiger partial charge in [0, 0.05) is 11.8 Å². The van der Waals surface area contributed by atoms with Gasteiger partial charge in [0.2, 0.25) is 5.91 Å². The third kappa shape index (κ3) is 4.34. The van der Waals surface area contributed by atoms with Gasteiger partial charge in [0.1, 0.15) is 0 Å². The number of nitrogens with one attached hydrogen (secondary N) is 1. The second kappa shape index (κ2) is 7.85. The summed E-state index contributed by atoms with van der Waals surface area (Å²) in [6, 6.07) is -0.459. The lowest BCUT2D eigenvalue weighted by molar-refractivity contribution is -0.178. The Morgan fingerprint density at radius 3 is 2.57 bits per heavy atom. The Morgan fingerprint density at radius 1 is 1.38 bits per heavy atom. The number of esters is 1. The van der Waals surface area contributed by atoms with Crippen molar-refractivity contribution in [3.8, 4) is 0 Å². The van der Waals surface area contributed by atoms with Crippen molar-refractivity contribution in [2.45, 2.75) is 45.9 Å². The Morgan fingerprint density at radius 2 is 2.05 bits per heavy atom. The zero-order chi connectivity index (χ0) is 16.0. The minimum absolute atomic E-state index is 0.0176. The zero-order valence-electron chi connectivity index (χ0n) is 12.8. The number of hydrogen-bond donors (Lipinski definition) is 1. The Bertz CT molecular complexity index is 436. The zero-order valence-corrected chi connectivity index (χ0v) is 12.8. The van der Waals surface area contributed by atoms with E-state index < -0.39 is 18.1 Å². The molecule has 0 aromatic rings. The van der Waals surface area contributed by atoms with E-state index in [0.29, 0.717) is 0 Å². The van der Waals surface area contributed by atoms with E-state index in [2.05, 4.69) is 15.3 Å². The SMILES string of the molecule is CCOC(=O)C1O[C@H](CN=[N+]=[N-])[C@@H](C)[C@H](C)C1NC(C)=O. The van der Waals surface area contributed by atoms with Crippen LogP contribution in [0.25, 0.3) is 10.4 Å². The van der Waals surface area contributed by atoms with Gasteiger partial charge < -0.3 is 14.8 Å². The molecule has 0 aromatic heterocycles. The molecule has 1 N–H and O–H groups in total. The summed E-state index contributed by atoms with van der Waals surface area (Å²) < 4.78 is 10.8. The molecule has 0 bridgehead atoms. The Kier molecular flexibility index (Phi) is 6.45. The fourth-order valence-corrected chi connectivity index (χ4v) is 2.53. The van der Waals surface area contributed by atoms with E-state index in [4.69, 9.17) is 15.0 Å². The monoisotopic (exact) mass is 298 g/mol. The van der Waals surface area contributed by atoms with Gasteiger partial charge in [-0.25, -0.2) is 4.79 Å². The van der Waals surface area contributed by atoms with E-state index in [1.807, 2.05) is 13.8 Å². The van der Waals surface area contributed by atoms with E-state index in [1.54, 1.807) is 6.92 Å². The van der Waals surface area contributed by atoms with E-state index in [1.165, 1.54) is 6.92 Å². The topological polar surface area (TPSA) is 113 Å². The van der Waals surface area contributed by atoms with Gasteiger partial charge in [-0.1, -0.05) is 19.0 Å². The average molecular weight is 298 g/mol. The van der Waals surface area contributed by atoms with Crippen molar-refractivity contribution in [2.24, 2.45) is 17.0 Å². The van der Waals surface area contributed by atoms with Gasteiger partial charge in [0.05, 0.1) is 25.3 Å². The molecule has 1 fully saturated rings. The number of nitrogens with zero attached hydrogens (tertiary/aromatic N) is 3. The first-order chi connectivity index (χ1) is 9.92. The van der Waals surface area contributed by atoms with Crippen LogP contribution in [0.15, 0.2) is 5.11 Å². The molecule has 1 aliphatic rings. The minimum Gasteiger partial charge on any atom is -0.464 e. The van der Waals surface area contributed by atoms with Crippen molar-refractivity contribution >= 4 is 11.9 Å². The third-order valence-electron chi connectivity index (χ3n) is 3.84. The highest BCUT2D eigenvalue weighted by Gasteiger charge is 2.45. The molecule has 0 radical (unpaired) electrons. The van der Waals surface area contributed by atoms with Gasteiger partial charge in [0.25, 0.3) is 0 Å². The minimum atomic E-state index is -0.890. The molecular weight excluding hydrogens is 276 g/mol. The highest BCUT2D eigenvalue weighted by molar-refractivity contribution is 5.79. The van der Waals surface area contributed by atoms with Crippen molar-refractivity contribution in [3.05, 3.63) is 10.4 Å². The predicted molar refractivity (Wildman–Crippen MR) is 75.2 cm³/mol. The smallest absolute Gasteiger partial charge is 0.337 e. The summed E-state index contributed by atoms with van der Waals surface area (Å²) in [5.41, 5.74) is 8.43. The average Bonchev–Trinajstić information content (AvgIpc) is 2.43. The molecule has 0 aliphatic carbocycles. The van der Waals surface area contributed by atoms with Crippen LogP contribution >= 0.6 is 0 Å². The van der Waals surface area contributed by atoms with Crippen LogP contribution in [0.3, 0.4) is 0 Å². The van der Waals surface area contributed by atoms with Gasteiger partial charge >= 0.3 is 5.97 Å². The van der Waals surface area contributed by atoms with E-state index in [0.717, 1.165) is 0 Å². The molecule has 21 heavy (non-hydrogen) atoms. The fourth-order valence-electron chi connectivity index (χ4n) is 2.53. The van der Waals surface area contributed by atoms with Crippen LogP contribution in [-0.4, -0.2) is 43.3 Å². The Labute approximate surface area is 123 Å². The van der Waals surface area contributed by atoms with Crippen LogP contribution in [0.2, 0.25) is 0 Å². The maximum Gasteiger partial charge on any atom is 0.337 e. The highest BCUT2D eigenvalue weighted by atomic mass is 16.6. The van der Waals surface area contributed by atoms with Crippen molar-refractivity contribution in [1.82, 2.24) is 5.32 Å². The molecular formula is C13H22N4O4. The van der Waals surface area contributed by atoms with Crippen LogP contribution in [-0.2, 0) is 19.1 Å². The molecule has 1 heterocycles. The number of amides is 1. The second-order valence-electron chi connectivity index (χ2n) is 5.21. The van der Waals surface area contributed by atoms with Crippen molar-refractivity contribution in [1.29, 1.82) is 0 Å². The Balaban J connectivity index is 2.97. The quantitative estimate of drug-likeness (QED) is 0.357. The fraction of sp³-hybridized carbons (Fsp3) is 0.846. The summed E-state index contributed by atoms with van der Waals surface area (Å²) >= 11 is 0. The Hall–Kier alpha value is -1.79. The maximum absolute atomic E-state index is 12.1. The largest absolute Gasteiger partial charge is 0.464 e. The molecule has 1 aliphatic heterocycles. The first-order valence-corrected chi connectivity index (χ1v) is 7.02. The van der Waals surface area contributed by atoms with E-state index >= 15 is 0 Å². The lowest BCUT2D eigenvalue weighted by atomic mass is 9.79. The number of rotatable bonds is 5. The molecule has 0 aromatic carbocycles. The van der Waals surface area contributed by atoms with Crippen LogP contribution in [0.1, 0.15) is 27.7 Å². The van der Waals surface area contributed by atoms with E-state index in [-0.39, 0.29) is 37.0 Å². The van der Waals surface area contributed by atoms with Gasteiger partial charge in [-0.2, -0.15) is 0 Å². The van der Waals surface area contributed by atoms with Gasteiger partial charge in [-0.3, -0.25) is 4.79 Å². The first-order valence-electron chi connectivity index (χ1n) is 7.02. The summed E-state index contributed by atoms with van der Waals surface area (Å²) in [5.74, 6) is -0.736. The van der Waals surface area contributed by atoms with Gasteiger partial charge in [0.15, 0.2) is 6.10 Å². The van der Waals surface area contributed by atoms with Crippen molar-refractivity contribution < 1.29 is 19.1 Å². The molecule has 118 valence electrons. The summed E-state index contributed by atoms with van der Waals surface area (Å²) in [7, 11) is 0. The molecule has 1 rings (SSSR count). The first kappa shape index (κ1) is 17.3. The normalized spacial score (nSPS) is 31.9. The number of carbonyl (C=O) groups excluding carboxylic acids is 2. The van der Waals surface area contributed by atoms with Gasteiger partial charge in [-0.15, -0.1) is 0 Å². The highest BCUT2D eigenvalue weighted by Crippen LogP contribution is 2.31. The predicted octanol–water partition coefficient (Wildman–Crippen LogP) is 1.40. The van der Waals surface area contributed by atoms with E-state index in [9.17, 15) is 9.59 Å². The summed E-state index contributed by atoms with van der Waals surface area (Å²) in [6.45, 7) is 7.35. The number of ether oxygens (including phenoxy) is 2. The van der Waals surface area contributed by atoms with Crippen LogP contribution in [0, 0.1) is 11.8 Å². The molecule has 8 nitrogen and oxygen atoms in total. The number of hydrogen-bond acceptors (Lipinski definition) is 5. The molecule has 1 saturated heterocycles. The number of azide groups is 1. The van der Waals surface area contributed by atoms with Crippen LogP contribution < -0.4 is 5.32 Å². The van der Waals surface area contributed by atoms with Crippen molar-refractivity contribution in [2.75, 3.05) is 13.2 Å². The molecule has 2 unspecified atom stereocenters. The molecule has 8 heteroatoms. The standard InChI is InChI=1S/C13H22N4O4/c1-5-20-13(19)12-11(16-9(4)18)8(3)7(2)10(21-12)6-15-17-14/h7-8,10-12H,5-6H2,1-4H3,(H,16,18)/t7-,8-,10+,11?,12?/m0/s1.